The van der Waals surface area contributed by atoms with Crippen molar-refractivity contribution in [2.75, 3.05) is 33.2 Å². The number of rotatable bonds is 3. The Bertz CT molecular complexity index is 391. The van der Waals surface area contributed by atoms with Crippen LogP contribution < -0.4 is 10.6 Å². The molecule has 22 heavy (non-hydrogen) atoms. The highest BCUT2D eigenvalue weighted by molar-refractivity contribution is 14.0. The Morgan fingerprint density at radius 3 is 2.32 bits per heavy atom. The molecule has 0 spiro atoms. The summed E-state index contributed by atoms with van der Waals surface area (Å²) in [6.45, 7) is 13.2. The highest BCUT2D eigenvalue weighted by atomic mass is 127. The van der Waals surface area contributed by atoms with Crippen LogP contribution in [0.5, 0.6) is 0 Å². The smallest absolute Gasteiger partial charge is 0.407 e. The van der Waals surface area contributed by atoms with Gasteiger partial charge in [-0.25, -0.2) is 4.79 Å². The van der Waals surface area contributed by atoms with Gasteiger partial charge in [-0.1, -0.05) is 13.8 Å². The van der Waals surface area contributed by atoms with Crippen LogP contribution in [0.2, 0.25) is 0 Å². The Morgan fingerprint density at radius 1 is 1.27 bits per heavy atom. The standard InChI is InChI=1S/C15H30N4O2.HI/c1-14(2,3)21-13(20)18-9-8-17-12(16-6)19-10-7-15(4,5)11-19;/h7-11H2,1-6H3,(H,16,17)(H,18,20);1H. The molecule has 1 aliphatic heterocycles. The minimum atomic E-state index is -0.464. The highest BCUT2D eigenvalue weighted by Crippen LogP contribution is 2.28. The predicted octanol–water partition coefficient (Wildman–Crippen LogP) is 2.44. The molecule has 0 bridgehead atoms. The summed E-state index contributed by atoms with van der Waals surface area (Å²) in [5, 5.41) is 6.00. The molecule has 1 amide bonds. The fraction of sp³-hybridized carbons (Fsp3) is 0.867. The van der Waals surface area contributed by atoms with Crippen molar-refractivity contribution in [3.8, 4) is 0 Å². The summed E-state index contributed by atoms with van der Waals surface area (Å²) >= 11 is 0. The number of nitrogens with one attached hydrogen (secondary N) is 2. The van der Waals surface area contributed by atoms with Gasteiger partial charge >= 0.3 is 6.09 Å². The first kappa shape index (κ1) is 21.3. The summed E-state index contributed by atoms with van der Waals surface area (Å²) < 4.78 is 5.18. The largest absolute Gasteiger partial charge is 0.444 e. The van der Waals surface area contributed by atoms with Crippen LogP contribution in [0.15, 0.2) is 4.99 Å². The summed E-state index contributed by atoms with van der Waals surface area (Å²) in [5.41, 5.74) is -0.124. The second kappa shape index (κ2) is 8.79. The van der Waals surface area contributed by atoms with Crippen LogP contribution in [-0.4, -0.2) is 55.8 Å². The molecule has 1 heterocycles. The number of nitrogens with zero attached hydrogens (tertiary/aromatic N) is 2. The average molecular weight is 426 g/mol. The first-order chi connectivity index (χ1) is 9.63. The maximum atomic E-state index is 11.5. The van der Waals surface area contributed by atoms with Crippen LogP contribution in [0.3, 0.4) is 0 Å². The monoisotopic (exact) mass is 426 g/mol. The van der Waals surface area contributed by atoms with Gasteiger partial charge in [0.1, 0.15) is 5.60 Å². The SMILES string of the molecule is CN=C(NCCNC(=O)OC(C)(C)C)N1CCC(C)(C)C1.I. The van der Waals surface area contributed by atoms with Crippen LogP contribution in [0.25, 0.3) is 0 Å². The number of ether oxygens (including phenoxy) is 1. The lowest BCUT2D eigenvalue weighted by Gasteiger charge is -2.24. The zero-order chi connectivity index (χ0) is 16.1. The van der Waals surface area contributed by atoms with Crippen LogP contribution in [-0.2, 0) is 4.74 Å². The average Bonchev–Trinajstić information content (AvgIpc) is 2.67. The van der Waals surface area contributed by atoms with E-state index in [2.05, 4.69) is 34.4 Å². The Kier molecular flexibility index (Phi) is 8.49. The quantitative estimate of drug-likeness (QED) is 0.315. The predicted molar refractivity (Wildman–Crippen MR) is 101 cm³/mol. The Balaban J connectivity index is 0.00000441. The number of amides is 1. The zero-order valence-electron chi connectivity index (χ0n) is 14.7. The summed E-state index contributed by atoms with van der Waals surface area (Å²) in [6, 6.07) is 0. The van der Waals surface area contributed by atoms with E-state index in [0.717, 1.165) is 19.0 Å². The lowest BCUT2D eigenvalue weighted by Crippen LogP contribution is -2.44. The molecular formula is C15H31IN4O2. The molecule has 130 valence electrons. The molecule has 1 rings (SSSR count). The Labute approximate surface area is 151 Å². The van der Waals surface area contributed by atoms with E-state index in [9.17, 15) is 4.79 Å². The molecule has 1 aliphatic rings. The van der Waals surface area contributed by atoms with Crippen LogP contribution in [0, 0.1) is 5.41 Å². The number of aliphatic imine (C=N–C) groups is 1. The number of carbonyl (C=O) groups is 1. The molecule has 1 fully saturated rings. The number of guanidine groups is 1. The number of carbonyl (C=O) groups excluding carboxylic acids is 1. The molecule has 0 saturated carbocycles. The van der Waals surface area contributed by atoms with Gasteiger partial charge in [0, 0.05) is 33.2 Å². The van der Waals surface area contributed by atoms with Crippen molar-refractivity contribution in [1.82, 2.24) is 15.5 Å². The molecule has 0 atom stereocenters. The Hall–Kier alpha value is -0.730. The number of alkyl carbamates (subject to hydrolysis) is 1. The van der Waals surface area contributed by atoms with Gasteiger partial charge in [-0.05, 0) is 32.6 Å². The van der Waals surface area contributed by atoms with Gasteiger partial charge in [0.05, 0.1) is 0 Å². The maximum Gasteiger partial charge on any atom is 0.407 e. The molecule has 0 radical (unpaired) electrons. The molecule has 0 unspecified atom stereocenters. The number of likely N-dealkylation sites (tertiary alicyclic amines) is 1. The van der Waals surface area contributed by atoms with Gasteiger partial charge in [-0.15, -0.1) is 24.0 Å². The van der Waals surface area contributed by atoms with E-state index < -0.39 is 5.60 Å². The van der Waals surface area contributed by atoms with Gasteiger partial charge in [0.25, 0.3) is 0 Å². The van der Waals surface area contributed by atoms with Crippen molar-refractivity contribution >= 4 is 36.0 Å². The van der Waals surface area contributed by atoms with E-state index in [0.29, 0.717) is 18.5 Å². The van der Waals surface area contributed by atoms with E-state index in [-0.39, 0.29) is 30.1 Å². The summed E-state index contributed by atoms with van der Waals surface area (Å²) in [5.74, 6) is 0.895. The van der Waals surface area contributed by atoms with E-state index in [1.54, 1.807) is 7.05 Å². The van der Waals surface area contributed by atoms with Crippen molar-refractivity contribution in [1.29, 1.82) is 0 Å². The molecule has 1 saturated heterocycles. The van der Waals surface area contributed by atoms with E-state index in [1.807, 2.05) is 20.8 Å². The minimum absolute atomic E-state index is 0. The molecule has 6 nitrogen and oxygen atoms in total. The number of hydrogen-bond acceptors (Lipinski definition) is 3. The molecule has 0 aromatic carbocycles. The van der Waals surface area contributed by atoms with Gasteiger partial charge in [-0.2, -0.15) is 0 Å². The van der Waals surface area contributed by atoms with Gasteiger partial charge in [0.2, 0.25) is 0 Å². The summed E-state index contributed by atoms with van der Waals surface area (Å²) in [6.07, 6.45) is 0.783. The summed E-state index contributed by atoms with van der Waals surface area (Å²) in [7, 11) is 1.79. The lowest BCUT2D eigenvalue weighted by atomic mass is 9.93. The van der Waals surface area contributed by atoms with Crippen molar-refractivity contribution in [3.63, 3.8) is 0 Å². The number of hydrogen-bond donors (Lipinski definition) is 2. The third-order valence-corrected chi connectivity index (χ3v) is 3.27. The topological polar surface area (TPSA) is 66.0 Å². The fourth-order valence-electron chi connectivity index (χ4n) is 2.28. The normalized spacial score (nSPS) is 17.7. The van der Waals surface area contributed by atoms with Crippen molar-refractivity contribution in [3.05, 3.63) is 0 Å². The first-order valence-corrected chi connectivity index (χ1v) is 7.55. The summed E-state index contributed by atoms with van der Waals surface area (Å²) in [4.78, 5) is 18.1. The maximum absolute atomic E-state index is 11.5. The highest BCUT2D eigenvalue weighted by Gasteiger charge is 2.30. The molecule has 0 aromatic rings. The van der Waals surface area contributed by atoms with Crippen LogP contribution in [0.1, 0.15) is 41.0 Å². The Morgan fingerprint density at radius 2 is 1.86 bits per heavy atom. The second-order valence-corrected chi connectivity index (χ2v) is 7.24. The van der Waals surface area contributed by atoms with Gasteiger partial charge in [0.15, 0.2) is 5.96 Å². The van der Waals surface area contributed by atoms with E-state index in [4.69, 9.17) is 4.74 Å². The van der Waals surface area contributed by atoms with Crippen molar-refractivity contribution in [2.45, 2.75) is 46.6 Å². The van der Waals surface area contributed by atoms with Crippen molar-refractivity contribution in [2.24, 2.45) is 10.4 Å². The van der Waals surface area contributed by atoms with Crippen molar-refractivity contribution < 1.29 is 9.53 Å². The molecule has 0 aliphatic carbocycles. The molecule has 2 N–H and O–H groups in total. The fourth-order valence-corrected chi connectivity index (χ4v) is 2.28. The van der Waals surface area contributed by atoms with E-state index in [1.165, 1.54) is 6.42 Å². The third kappa shape index (κ3) is 8.05. The molecule has 0 aromatic heterocycles. The van der Waals surface area contributed by atoms with E-state index >= 15 is 0 Å². The van der Waals surface area contributed by atoms with Crippen LogP contribution >= 0.6 is 24.0 Å². The third-order valence-electron chi connectivity index (χ3n) is 3.27. The van der Waals surface area contributed by atoms with Gasteiger partial charge in [-0.3, -0.25) is 4.99 Å². The minimum Gasteiger partial charge on any atom is -0.444 e. The molecule has 7 heteroatoms. The second-order valence-electron chi connectivity index (χ2n) is 7.24. The first-order valence-electron chi connectivity index (χ1n) is 7.55. The zero-order valence-corrected chi connectivity index (χ0v) is 17.0. The lowest BCUT2D eigenvalue weighted by molar-refractivity contribution is 0.0529. The van der Waals surface area contributed by atoms with Crippen LogP contribution in [0.4, 0.5) is 4.79 Å². The molecular weight excluding hydrogens is 395 g/mol. The van der Waals surface area contributed by atoms with Gasteiger partial charge < -0.3 is 20.3 Å². The number of halogens is 1.